The first-order chi connectivity index (χ1) is 5.93. The third-order valence-corrected chi connectivity index (χ3v) is 4.12. The molecule has 1 saturated carbocycles. The first kappa shape index (κ1) is 10.4. The van der Waals surface area contributed by atoms with Gasteiger partial charge in [-0.3, -0.25) is 0 Å². The van der Waals surface area contributed by atoms with Gasteiger partial charge >= 0.3 is 0 Å². The summed E-state index contributed by atoms with van der Waals surface area (Å²) in [6, 6.07) is 0. The molecule has 0 N–H and O–H groups in total. The van der Waals surface area contributed by atoms with Crippen molar-refractivity contribution in [3.8, 4) is 0 Å². The van der Waals surface area contributed by atoms with Crippen LogP contribution in [0.1, 0.15) is 58.3 Å². The Morgan fingerprint density at radius 2 is 1.83 bits per heavy atom. The van der Waals surface area contributed by atoms with Crippen LogP contribution in [0.2, 0.25) is 0 Å². The highest BCUT2D eigenvalue weighted by Gasteiger charge is 2.14. The molecular weight excluding hydrogens is 164 g/mol. The molecule has 0 bridgehead atoms. The SMILES string of the molecule is CCCCCCSC1CCCC1. The van der Waals surface area contributed by atoms with Crippen molar-refractivity contribution in [3.63, 3.8) is 0 Å². The number of rotatable bonds is 6. The van der Waals surface area contributed by atoms with Gasteiger partial charge in [0.2, 0.25) is 0 Å². The summed E-state index contributed by atoms with van der Waals surface area (Å²) in [4.78, 5) is 0. The minimum Gasteiger partial charge on any atom is -0.159 e. The van der Waals surface area contributed by atoms with Crippen molar-refractivity contribution in [2.75, 3.05) is 5.75 Å². The Labute approximate surface area is 81.5 Å². The molecule has 0 amide bonds. The highest BCUT2D eigenvalue weighted by Crippen LogP contribution is 2.29. The van der Waals surface area contributed by atoms with Crippen molar-refractivity contribution in [3.05, 3.63) is 0 Å². The molecule has 0 saturated heterocycles. The second-order valence-corrected chi connectivity index (χ2v) is 5.25. The molecular formula is C11H22S. The van der Waals surface area contributed by atoms with Crippen LogP contribution in [0.5, 0.6) is 0 Å². The summed E-state index contributed by atoms with van der Waals surface area (Å²) in [6.07, 6.45) is 11.7. The van der Waals surface area contributed by atoms with Crippen LogP contribution < -0.4 is 0 Å². The zero-order chi connectivity index (χ0) is 8.65. The van der Waals surface area contributed by atoms with Crippen LogP contribution in [0.25, 0.3) is 0 Å². The Bertz CT molecular complexity index is 95.2. The molecule has 0 aromatic heterocycles. The van der Waals surface area contributed by atoms with E-state index in [1.54, 1.807) is 0 Å². The summed E-state index contributed by atoms with van der Waals surface area (Å²) in [5.74, 6) is 1.42. The molecule has 12 heavy (non-hydrogen) atoms. The van der Waals surface area contributed by atoms with Crippen molar-refractivity contribution < 1.29 is 0 Å². The van der Waals surface area contributed by atoms with Gasteiger partial charge in [-0.2, -0.15) is 11.8 Å². The first-order valence-corrected chi connectivity index (χ1v) is 6.60. The molecule has 0 aromatic carbocycles. The van der Waals surface area contributed by atoms with E-state index >= 15 is 0 Å². The van der Waals surface area contributed by atoms with Crippen LogP contribution in [0.4, 0.5) is 0 Å². The van der Waals surface area contributed by atoms with E-state index in [1.165, 1.54) is 57.1 Å². The van der Waals surface area contributed by atoms with Crippen LogP contribution in [0, 0.1) is 0 Å². The molecule has 0 heterocycles. The molecule has 0 spiro atoms. The average Bonchev–Trinajstić information content (AvgIpc) is 2.57. The normalized spacial score (nSPS) is 18.8. The molecule has 0 atom stereocenters. The van der Waals surface area contributed by atoms with Crippen LogP contribution in [0.3, 0.4) is 0 Å². The lowest BCUT2D eigenvalue weighted by atomic mass is 10.2. The van der Waals surface area contributed by atoms with E-state index in [1.807, 2.05) is 0 Å². The topological polar surface area (TPSA) is 0 Å². The van der Waals surface area contributed by atoms with Crippen LogP contribution in [0.15, 0.2) is 0 Å². The van der Waals surface area contributed by atoms with Gasteiger partial charge in [0.05, 0.1) is 0 Å². The van der Waals surface area contributed by atoms with Crippen LogP contribution >= 0.6 is 11.8 Å². The van der Waals surface area contributed by atoms with Gasteiger partial charge in [-0.25, -0.2) is 0 Å². The molecule has 0 radical (unpaired) electrons. The minimum absolute atomic E-state index is 1.03. The third-order valence-electron chi connectivity index (χ3n) is 2.65. The number of thioether (sulfide) groups is 1. The fourth-order valence-corrected chi connectivity index (χ4v) is 3.20. The van der Waals surface area contributed by atoms with Crippen molar-refractivity contribution in [2.45, 2.75) is 63.5 Å². The quantitative estimate of drug-likeness (QED) is 0.559. The molecule has 1 aliphatic rings. The number of hydrogen-bond donors (Lipinski definition) is 0. The lowest BCUT2D eigenvalue weighted by Gasteiger charge is -2.07. The maximum atomic E-state index is 2.28. The van der Waals surface area contributed by atoms with E-state index in [-0.39, 0.29) is 0 Å². The second-order valence-electron chi connectivity index (χ2n) is 3.84. The number of hydrogen-bond acceptors (Lipinski definition) is 1. The predicted molar refractivity (Wildman–Crippen MR) is 58.9 cm³/mol. The molecule has 0 unspecified atom stereocenters. The van der Waals surface area contributed by atoms with Gasteiger partial charge < -0.3 is 0 Å². The van der Waals surface area contributed by atoms with Gasteiger partial charge in [-0.1, -0.05) is 39.0 Å². The largest absolute Gasteiger partial charge is 0.159 e. The minimum atomic E-state index is 1.03. The Kier molecular flexibility index (Phi) is 5.93. The lowest BCUT2D eigenvalue weighted by molar-refractivity contribution is 0.705. The summed E-state index contributed by atoms with van der Waals surface area (Å²) in [7, 11) is 0. The average molecular weight is 186 g/mol. The molecule has 0 aliphatic heterocycles. The summed E-state index contributed by atoms with van der Waals surface area (Å²) in [6.45, 7) is 2.28. The smallest absolute Gasteiger partial charge is 0.00470 e. The van der Waals surface area contributed by atoms with Gasteiger partial charge in [0.15, 0.2) is 0 Å². The highest BCUT2D eigenvalue weighted by atomic mass is 32.2. The van der Waals surface area contributed by atoms with E-state index < -0.39 is 0 Å². The summed E-state index contributed by atoms with van der Waals surface area (Å²) < 4.78 is 0. The zero-order valence-corrected chi connectivity index (χ0v) is 9.17. The monoisotopic (exact) mass is 186 g/mol. The van der Waals surface area contributed by atoms with E-state index in [0.717, 1.165) is 5.25 Å². The zero-order valence-electron chi connectivity index (χ0n) is 8.35. The molecule has 1 rings (SSSR count). The Morgan fingerprint density at radius 3 is 2.50 bits per heavy atom. The van der Waals surface area contributed by atoms with Crippen molar-refractivity contribution in [1.82, 2.24) is 0 Å². The van der Waals surface area contributed by atoms with E-state index in [4.69, 9.17) is 0 Å². The van der Waals surface area contributed by atoms with E-state index in [2.05, 4.69) is 18.7 Å². The maximum Gasteiger partial charge on any atom is 0.00470 e. The second kappa shape index (κ2) is 6.82. The third kappa shape index (κ3) is 4.39. The molecule has 0 nitrogen and oxygen atoms in total. The molecule has 1 aliphatic carbocycles. The number of unbranched alkanes of at least 4 members (excludes halogenated alkanes) is 3. The van der Waals surface area contributed by atoms with E-state index in [9.17, 15) is 0 Å². The van der Waals surface area contributed by atoms with Gasteiger partial charge in [-0.05, 0) is 25.0 Å². The Balaban J connectivity index is 1.81. The van der Waals surface area contributed by atoms with Gasteiger partial charge in [0.25, 0.3) is 0 Å². The summed E-state index contributed by atoms with van der Waals surface area (Å²) >= 11 is 2.23. The molecule has 1 heteroatoms. The predicted octanol–water partition coefficient (Wildman–Crippen LogP) is 4.24. The van der Waals surface area contributed by atoms with Crippen molar-refractivity contribution in [1.29, 1.82) is 0 Å². The lowest BCUT2D eigenvalue weighted by Crippen LogP contribution is -1.95. The van der Waals surface area contributed by atoms with Gasteiger partial charge in [-0.15, -0.1) is 0 Å². The van der Waals surface area contributed by atoms with Crippen molar-refractivity contribution >= 4 is 11.8 Å². The standard InChI is InChI=1S/C11H22S/c1-2-3-4-7-10-12-11-8-5-6-9-11/h11H,2-10H2,1H3. The first-order valence-electron chi connectivity index (χ1n) is 5.55. The van der Waals surface area contributed by atoms with Crippen molar-refractivity contribution in [2.24, 2.45) is 0 Å². The Morgan fingerprint density at radius 1 is 1.08 bits per heavy atom. The summed E-state index contributed by atoms with van der Waals surface area (Å²) in [5, 5.41) is 1.03. The van der Waals surface area contributed by atoms with Gasteiger partial charge in [0.1, 0.15) is 0 Å². The maximum absolute atomic E-state index is 2.28. The fraction of sp³-hybridized carbons (Fsp3) is 1.00. The van der Waals surface area contributed by atoms with Gasteiger partial charge in [0, 0.05) is 5.25 Å². The Hall–Kier alpha value is 0.350. The highest BCUT2D eigenvalue weighted by molar-refractivity contribution is 7.99. The van der Waals surface area contributed by atoms with E-state index in [0.29, 0.717) is 0 Å². The summed E-state index contributed by atoms with van der Waals surface area (Å²) in [5.41, 5.74) is 0. The molecule has 1 fully saturated rings. The molecule has 72 valence electrons. The van der Waals surface area contributed by atoms with Crippen LogP contribution in [-0.4, -0.2) is 11.0 Å². The fourth-order valence-electron chi connectivity index (χ4n) is 1.83. The van der Waals surface area contributed by atoms with Crippen LogP contribution in [-0.2, 0) is 0 Å². The molecule has 0 aromatic rings.